The third kappa shape index (κ3) is 2.53. The van der Waals surface area contributed by atoms with E-state index in [1.807, 2.05) is 6.07 Å². The number of amides is 1. The zero-order valence-electron chi connectivity index (χ0n) is 13.3. The van der Waals surface area contributed by atoms with Crippen LogP contribution in [0.5, 0.6) is 0 Å². The molecule has 1 amide bonds. The van der Waals surface area contributed by atoms with E-state index >= 15 is 0 Å². The first-order valence-electron chi connectivity index (χ1n) is 7.68. The predicted octanol–water partition coefficient (Wildman–Crippen LogP) is 2.01. The lowest BCUT2D eigenvalue weighted by Gasteiger charge is -2.06. The second kappa shape index (κ2) is 5.92. The fourth-order valence-corrected chi connectivity index (χ4v) is 2.74. The molecule has 8 heteroatoms. The Balaban J connectivity index is 2.08. The number of benzene rings is 2. The molecule has 3 N–H and O–H groups in total. The molecule has 0 spiro atoms. The van der Waals surface area contributed by atoms with Gasteiger partial charge in [-0.25, -0.2) is 23.7 Å². The number of nitrogens with one attached hydrogen (secondary N) is 1. The lowest BCUT2D eigenvalue weighted by molar-refractivity contribution is 0.0997. The molecule has 0 fully saturated rings. The number of primary amides is 1. The van der Waals surface area contributed by atoms with Crippen LogP contribution in [0.25, 0.3) is 28.2 Å². The van der Waals surface area contributed by atoms with Crippen LogP contribution in [-0.4, -0.2) is 25.4 Å². The molecule has 2 aromatic carbocycles. The van der Waals surface area contributed by atoms with Crippen molar-refractivity contribution in [3.63, 3.8) is 0 Å². The maximum absolute atomic E-state index is 13.6. The summed E-state index contributed by atoms with van der Waals surface area (Å²) in [6.07, 6.45) is 0. The molecule has 0 atom stereocenters. The maximum Gasteiger partial charge on any atom is 0.332 e. The summed E-state index contributed by atoms with van der Waals surface area (Å²) in [5.74, 6) is -1.20. The van der Waals surface area contributed by atoms with Gasteiger partial charge < -0.3 is 10.7 Å². The molecular weight excluding hydrogens is 337 g/mol. The number of nitrogens with two attached hydrogens (primary N) is 1. The molecule has 4 aromatic rings. The second-order valence-corrected chi connectivity index (χ2v) is 5.57. The summed E-state index contributed by atoms with van der Waals surface area (Å²) in [5, 5.41) is 0. The lowest BCUT2D eigenvalue weighted by atomic mass is 10.2. The summed E-state index contributed by atoms with van der Waals surface area (Å²) in [5.41, 5.74) is 6.03. The number of fused-ring (bicyclic) bond motifs is 1. The Morgan fingerprint density at radius 2 is 1.85 bits per heavy atom. The number of rotatable bonds is 3. The van der Waals surface area contributed by atoms with Gasteiger partial charge >= 0.3 is 5.69 Å². The minimum Gasteiger partial charge on any atom is -0.364 e. The van der Waals surface area contributed by atoms with Gasteiger partial charge in [0.05, 0.1) is 5.69 Å². The van der Waals surface area contributed by atoms with Crippen LogP contribution >= 0.6 is 0 Å². The van der Waals surface area contributed by atoms with Gasteiger partial charge in [0.15, 0.2) is 17.2 Å². The van der Waals surface area contributed by atoms with E-state index in [0.717, 1.165) is 0 Å². The molecule has 0 bridgehead atoms. The Labute approximate surface area is 145 Å². The van der Waals surface area contributed by atoms with Crippen LogP contribution in [0, 0.1) is 5.82 Å². The molecule has 0 saturated heterocycles. The highest BCUT2D eigenvalue weighted by Gasteiger charge is 2.20. The van der Waals surface area contributed by atoms with Crippen LogP contribution in [0.1, 0.15) is 10.5 Å². The number of carbonyl (C=O) groups excluding carboxylic acids is 1. The number of aromatic amines is 1. The molecule has 0 aliphatic rings. The minimum absolute atomic E-state index is 0.0921. The van der Waals surface area contributed by atoms with Gasteiger partial charge in [-0.2, -0.15) is 0 Å². The van der Waals surface area contributed by atoms with Crippen LogP contribution in [0.4, 0.5) is 4.39 Å². The smallest absolute Gasteiger partial charge is 0.332 e. The highest BCUT2D eigenvalue weighted by molar-refractivity contribution is 6.02. The third-order valence-corrected chi connectivity index (χ3v) is 3.87. The fraction of sp³-hybridized carbons (Fsp3) is 0. The van der Waals surface area contributed by atoms with Crippen molar-refractivity contribution in [2.75, 3.05) is 0 Å². The summed E-state index contributed by atoms with van der Waals surface area (Å²) in [4.78, 5) is 35.4. The average molecular weight is 349 g/mol. The number of carbonyl (C=O) groups is 1. The monoisotopic (exact) mass is 349 g/mol. The number of para-hydroxylation sites is 1. The van der Waals surface area contributed by atoms with E-state index in [9.17, 15) is 14.0 Å². The van der Waals surface area contributed by atoms with Gasteiger partial charge in [-0.3, -0.25) is 4.79 Å². The summed E-state index contributed by atoms with van der Waals surface area (Å²) in [6.45, 7) is 0. The van der Waals surface area contributed by atoms with E-state index in [1.54, 1.807) is 30.3 Å². The number of nitrogens with zero attached hydrogens (tertiary/aromatic N) is 3. The van der Waals surface area contributed by atoms with Crippen LogP contribution in [0.2, 0.25) is 0 Å². The van der Waals surface area contributed by atoms with Gasteiger partial charge in [0.2, 0.25) is 0 Å². The average Bonchev–Trinajstić information content (AvgIpc) is 2.97. The van der Waals surface area contributed by atoms with Crippen molar-refractivity contribution in [1.82, 2.24) is 19.5 Å². The summed E-state index contributed by atoms with van der Waals surface area (Å²) in [6, 6.07) is 14.4. The minimum atomic E-state index is -0.823. The zero-order chi connectivity index (χ0) is 18.3. The maximum atomic E-state index is 13.6. The standard InChI is InChI=1S/C18H12FN5O2/c19-11-6-4-5-10(9-11)16-21-13(15(20)25)14-17(23-16)24(18(26)22-14)12-7-2-1-3-8-12/h1-9H,(H2,20,25)(H,22,26). The normalized spacial score (nSPS) is 11.0. The molecule has 0 unspecified atom stereocenters. The lowest BCUT2D eigenvalue weighted by Crippen LogP contribution is -2.15. The van der Waals surface area contributed by atoms with Crippen molar-refractivity contribution in [3.8, 4) is 17.1 Å². The van der Waals surface area contributed by atoms with Crippen LogP contribution < -0.4 is 11.4 Å². The first-order chi connectivity index (χ1) is 12.5. The number of imidazole rings is 1. The molecule has 4 rings (SSSR count). The summed E-state index contributed by atoms with van der Waals surface area (Å²) >= 11 is 0. The van der Waals surface area contributed by atoms with Crippen LogP contribution in [-0.2, 0) is 0 Å². The van der Waals surface area contributed by atoms with E-state index < -0.39 is 17.4 Å². The Morgan fingerprint density at radius 3 is 2.54 bits per heavy atom. The summed E-state index contributed by atoms with van der Waals surface area (Å²) in [7, 11) is 0. The highest BCUT2D eigenvalue weighted by atomic mass is 19.1. The van der Waals surface area contributed by atoms with E-state index in [1.165, 1.54) is 22.8 Å². The van der Waals surface area contributed by atoms with Gasteiger partial charge in [0, 0.05) is 5.56 Å². The van der Waals surface area contributed by atoms with Crippen molar-refractivity contribution in [2.45, 2.75) is 0 Å². The van der Waals surface area contributed by atoms with Gasteiger partial charge in [0.1, 0.15) is 11.3 Å². The first kappa shape index (κ1) is 15.7. The first-order valence-corrected chi connectivity index (χ1v) is 7.68. The molecule has 7 nitrogen and oxygen atoms in total. The van der Waals surface area contributed by atoms with Gasteiger partial charge in [-0.15, -0.1) is 0 Å². The van der Waals surface area contributed by atoms with E-state index in [4.69, 9.17) is 5.73 Å². The van der Waals surface area contributed by atoms with Gasteiger partial charge in [-0.1, -0.05) is 30.3 Å². The highest BCUT2D eigenvalue weighted by Crippen LogP contribution is 2.22. The summed E-state index contributed by atoms with van der Waals surface area (Å²) < 4.78 is 14.9. The second-order valence-electron chi connectivity index (χ2n) is 5.57. The molecule has 128 valence electrons. The number of halogens is 1. The van der Waals surface area contributed by atoms with Gasteiger partial charge in [0.25, 0.3) is 5.91 Å². The Bertz CT molecular complexity index is 1200. The SMILES string of the molecule is NC(=O)c1nc(-c2cccc(F)c2)nc2c1[nH]c(=O)n2-c1ccccc1. The largest absolute Gasteiger partial charge is 0.364 e. The molecule has 0 aliphatic carbocycles. The number of H-pyrrole nitrogens is 1. The molecule has 0 aliphatic heterocycles. The molecule has 0 radical (unpaired) electrons. The van der Waals surface area contributed by atoms with Crippen molar-refractivity contribution >= 4 is 17.1 Å². The predicted molar refractivity (Wildman–Crippen MR) is 93.4 cm³/mol. The van der Waals surface area contributed by atoms with Crippen LogP contribution in [0.15, 0.2) is 59.4 Å². The van der Waals surface area contributed by atoms with Gasteiger partial charge in [-0.05, 0) is 24.3 Å². The quantitative estimate of drug-likeness (QED) is 0.590. The number of hydrogen-bond donors (Lipinski definition) is 2. The van der Waals surface area contributed by atoms with E-state index in [-0.39, 0.29) is 22.7 Å². The Kier molecular flexibility index (Phi) is 3.58. The molecule has 2 aromatic heterocycles. The molecular formula is C18H12FN5O2. The zero-order valence-corrected chi connectivity index (χ0v) is 13.3. The Hall–Kier alpha value is -3.81. The van der Waals surface area contributed by atoms with Crippen molar-refractivity contribution in [1.29, 1.82) is 0 Å². The third-order valence-electron chi connectivity index (χ3n) is 3.87. The number of aromatic nitrogens is 4. The molecule has 2 heterocycles. The van der Waals surface area contributed by atoms with Crippen molar-refractivity contribution < 1.29 is 9.18 Å². The topological polar surface area (TPSA) is 107 Å². The van der Waals surface area contributed by atoms with Crippen LogP contribution in [0.3, 0.4) is 0 Å². The van der Waals surface area contributed by atoms with E-state index in [2.05, 4.69) is 15.0 Å². The number of hydrogen-bond acceptors (Lipinski definition) is 4. The molecule has 0 saturated carbocycles. The molecule has 26 heavy (non-hydrogen) atoms. The van der Waals surface area contributed by atoms with Crippen molar-refractivity contribution in [2.24, 2.45) is 5.73 Å². The fourth-order valence-electron chi connectivity index (χ4n) is 2.74. The Morgan fingerprint density at radius 1 is 1.08 bits per heavy atom. The van der Waals surface area contributed by atoms with Crippen molar-refractivity contribution in [3.05, 3.63) is 76.6 Å². The van der Waals surface area contributed by atoms with E-state index in [0.29, 0.717) is 11.3 Å².